The summed E-state index contributed by atoms with van der Waals surface area (Å²) >= 11 is 0. The second-order valence-electron chi connectivity index (χ2n) is 4.98. The van der Waals surface area contributed by atoms with E-state index in [-0.39, 0.29) is 12.5 Å². The number of methoxy groups -OCH3 is 1. The quantitative estimate of drug-likeness (QED) is 0.796. The van der Waals surface area contributed by atoms with Crippen LogP contribution < -0.4 is 4.90 Å². The minimum Gasteiger partial charge on any atom is -0.468 e. The number of anilines is 2. The molecule has 120 valence electrons. The fourth-order valence-corrected chi connectivity index (χ4v) is 2.58. The van der Waals surface area contributed by atoms with E-state index in [0.29, 0.717) is 11.3 Å². The minimum absolute atomic E-state index is 0.0984. The molecule has 0 unspecified atom stereocenters. The number of para-hydroxylation sites is 1. The summed E-state index contributed by atoms with van der Waals surface area (Å²) in [5.74, 6) is -1.14. The van der Waals surface area contributed by atoms with Crippen molar-refractivity contribution in [1.29, 1.82) is 0 Å². The summed E-state index contributed by atoms with van der Waals surface area (Å²) < 4.78 is 43.2. The normalized spacial score (nSPS) is 17.0. The van der Waals surface area contributed by atoms with Crippen molar-refractivity contribution in [2.45, 2.75) is 12.1 Å². The molecule has 2 heterocycles. The number of nitrogens with zero attached hydrogens (tertiary/aromatic N) is 3. The molecule has 8 heteroatoms. The third-order valence-corrected chi connectivity index (χ3v) is 3.63. The average molecular weight is 323 g/mol. The van der Waals surface area contributed by atoms with Gasteiger partial charge in [0.25, 0.3) is 0 Å². The van der Waals surface area contributed by atoms with Crippen LogP contribution in [-0.4, -0.2) is 29.6 Å². The summed E-state index contributed by atoms with van der Waals surface area (Å²) in [6.07, 6.45) is -3.50. The molecule has 0 radical (unpaired) electrons. The monoisotopic (exact) mass is 323 g/mol. The molecule has 1 atom stereocenters. The van der Waals surface area contributed by atoms with Crippen molar-refractivity contribution in [2.75, 3.05) is 18.6 Å². The first-order chi connectivity index (χ1) is 10.9. The standard InChI is InChI=1S/C15H12F3N3O2/c1-23-13(22)10-8-21(11-5-3-2-4-9(10)11)14-19-7-6-12(20-14)15(16,17)18/h2-7,10H,8H2,1H3/t10-/m1/s1. The lowest BCUT2D eigenvalue weighted by atomic mass is 10.0. The van der Waals surface area contributed by atoms with Crippen molar-refractivity contribution in [3.05, 3.63) is 47.8 Å². The Morgan fingerprint density at radius 3 is 2.74 bits per heavy atom. The predicted molar refractivity (Wildman–Crippen MR) is 75.2 cm³/mol. The Kier molecular flexibility index (Phi) is 3.67. The average Bonchev–Trinajstić information content (AvgIpc) is 2.93. The number of carbonyl (C=O) groups is 1. The van der Waals surface area contributed by atoms with Crippen molar-refractivity contribution >= 4 is 17.6 Å². The van der Waals surface area contributed by atoms with Crippen LogP contribution in [0.3, 0.4) is 0 Å². The highest BCUT2D eigenvalue weighted by Crippen LogP contribution is 2.40. The Bertz CT molecular complexity index is 749. The fourth-order valence-electron chi connectivity index (χ4n) is 2.58. The molecule has 0 amide bonds. The van der Waals surface area contributed by atoms with Gasteiger partial charge in [-0.15, -0.1) is 0 Å². The predicted octanol–water partition coefficient (Wildman–Crippen LogP) is 2.90. The first-order valence-corrected chi connectivity index (χ1v) is 6.76. The van der Waals surface area contributed by atoms with Gasteiger partial charge in [0.1, 0.15) is 11.6 Å². The lowest BCUT2D eigenvalue weighted by Crippen LogP contribution is -2.23. The molecule has 0 fully saturated rings. The maximum Gasteiger partial charge on any atom is 0.433 e. The largest absolute Gasteiger partial charge is 0.468 e. The molecular formula is C15H12F3N3O2. The third-order valence-electron chi connectivity index (χ3n) is 3.63. The number of alkyl halides is 3. The van der Waals surface area contributed by atoms with Crippen molar-refractivity contribution in [3.63, 3.8) is 0 Å². The number of hydrogen-bond donors (Lipinski definition) is 0. The van der Waals surface area contributed by atoms with E-state index in [9.17, 15) is 18.0 Å². The Balaban J connectivity index is 2.03. The number of hydrogen-bond acceptors (Lipinski definition) is 5. The number of aromatic nitrogens is 2. The van der Waals surface area contributed by atoms with Gasteiger partial charge in [-0.1, -0.05) is 18.2 Å². The van der Waals surface area contributed by atoms with Gasteiger partial charge in [-0.3, -0.25) is 4.79 Å². The number of benzene rings is 1. The minimum atomic E-state index is -4.56. The Morgan fingerprint density at radius 1 is 1.30 bits per heavy atom. The van der Waals surface area contributed by atoms with Crippen LogP contribution in [0, 0.1) is 0 Å². The van der Waals surface area contributed by atoms with Gasteiger partial charge in [0.15, 0.2) is 0 Å². The van der Waals surface area contributed by atoms with Gasteiger partial charge in [-0.25, -0.2) is 9.97 Å². The molecule has 1 aromatic heterocycles. The zero-order valence-corrected chi connectivity index (χ0v) is 12.0. The van der Waals surface area contributed by atoms with Crippen molar-refractivity contribution in [1.82, 2.24) is 9.97 Å². The molecule has 0 spiro atoms. The second-order valence-corrected chi connectivity index (χ2v) is 4.98. The fraction of sp³-hybridized carbons (Fsp3) is 0.267. The van der Waals surface area contributed by atoms with Crippen molar-refractivity contribution in [2.24, 2.45) is 0 Å². The van der Waals surface area contributed by atoms with Crippen LogP contribution in [0.5, 0.6) is 0 Å². The van der Waals surface area contributed by atoms with E-state index in [1.807, 2.05) is 0 Å². The van der Waals surface area contributed by atoms with Crippen LogP contribution in [0.25, 0.3) is 0 Å². The zero-order valence-electron chi connectivity index (χ0n) is 12.0. The smallest absolute Gasteiger partial charge is 0.433 e. The molecule has 0 bridgehead atoms. The molecule has 0 N–H and O–H groups in total. The molecule has 3 rings (SSSR count). The maximum atomic E-state index is 12.8. The lowest BCUT2D eigenvalue weighted by molar-refractivity contribution is -0.142. The Hall–Kier alpha value is -2.64. The lowest BCUT2D eigenvalue weighted by Gasteiger charge is -2.18. The van der Waals surface area contributed by atoms with Gasteiger partial charge >= 0.3 is 12.1 Å². The van der Waals surface area contributed by atoms with E-state index in [2.05, 4.69) is 9.97 Å². The summed E-state index contributed by atoms with van der Waals surface area (Å²) in [5.41, 5.74) is 0.254. The highest BCUT2D eigenvalue weighted by Gasteiger charge is 2.38. The zero-order chi connectivity index (χ0) is 16.6. The number of carbonyl (C=O) groups excluding carboxylic acids is 1. The SMILES string of the molecule is COC(=O)[C@@H]1CN(c2nccc(C(F)(F)F)n2)c2ccccc21. The molecule has 23 heavy (non-hydrogen) atoms. The molecule has 1 aromatic carbocycles. The van der Waals surface area contributed by atoms with Crippen LogP contribution in [-0.2, 0) is 15.7 Å². The third kappa shape index (κ3) is 2.71. The molecule has 0 saturated heterocycles. The molecule has 0 aliphatic carbocycles. The van der Waals surface area contributed by atoms with Gasteiger partial charge in [0.2, 0.25) is 5.95 Å². The van der Waals surface area contributed by atoms with Crippen LogP contribution >= 0.6 is 0 Å². The maximum absolute atomic E-state index is 12.8. The van der Waals surface area contributed by atoms with Gasteiger partial charge < -0.3 is 9.64 Å². The second kappa shape index (κ2) is 5.53. The first kappa shape index (κ1) is 15.3. The van der Waals surface area contributed by atoms with E-state index in [0.717, 1.165) is 12.3 Å². The summed E-state index contributed by atoms with van der Waals surface area (Å²) in [5, 5.41) is 0. The molecular weight excluding hydrogens is 311 g/mol. The first-order valence-electron chi connectivity index (χ1n) is 6.76. The molecule has 1 aliphatic rings. The van der Waals surface area contributed by atoms with Gasteiger partial charge in [0.05, 0.1) is 7.11 Å². The number of rotatable bonds is 2. The summed E-state index contributed by atoms with van der Waals surface area (Å²) in [6.45, 7) is 0.132. The van der Waals surface area contributed by atoms with Gasteiger partial charge in [-0.2, -0.15) is 13.2 Å². The van der Waals surface area contributed by atoms with E-state index in [1.54, 1.807) is 24.3 Å². The Labute approximate surface area is 129 Å². The molecule has 0 saturated carbocycles. The van der Waals surface area contributed by atoms with Gasteiger partial charge in [-0.05, 0) is 17.7 Å². The number of halogens is 3. The highest BCUT2D eigenvalue weighted by atomic mass is 19.4. The van der Waals surface area contributed by atoms with Gasteiger partial charge in [0, 0.05) is 18.4 Å². The topological polar surface area (TPSA) is 55.3 Å². The number of ether oxygens (including phenoxy) is 1. The molecule has 2 aromatic rings. The summed E-state index contributed by atoms with van der Waals surface area (Å²) in [6, 6.07) is 7.75. The van der Waals surface area contributed by atoms with E-state index >= 15 is 0 Å². The van der Waals surface area contributed by atoms with Crippen molar-refractivity contribution in [3.8, 4) is 0 Å². The highest BCUT2D eigenvalue weighted by molar-refractivity contribution is 5.86. The van der Waals surface area contributed by atoms with E-state index < -0.39 is 23.8 Å². The summed E-state index contributed by atoms with van der Waals surface area (Å²) in [4.78, 5) is 20.9. The number of fused-ring (bicyclic) bond motifs is 1. The molecule has 1 aliphatic heterocycles. The van der Waals surface area contributed by atoms with Crippen molar-refractivity contribution < 1.29 is 22.7 Å². The van der Waals surface area contributed by atoms with E-state index in [1.165, 1.54) is 12.0 Å². The molecule has 5 nitrogen and oxygen atoms in total. The Morgan fingerprint density at radius 2 is 2.04 bits per heavy atom. The number of esters is 1. The van der Waals surface area contributed by atoms with Crippen LogP contribution in [0.2, 0.25) is 0 Å². The van der Waals surface area contributed by atoms with E-state index in [4.69, 9.17) is 4.74 Å². The summed E-state index contributed by atoms with van der Waals surface area (Å²) in [7, 11) is 1.27. The van der Waals surface area contributed by atoms with Crippen LogP contribution in [0.1, 0.15) is 17.2 Å². The van der Waals surface area contributed by atoms with Crippen LogP contribution in [0.4, 0.5) is 24.8 Å². The van der Waals surface area contributed by atoms with Crippen LogP contribution in [0.15, 0.2) is 36.5 Å².